The summed E-state index contributed by atoms with van der Waals surface area (Å²) in [4.78, 5) is 35.5. The molecule has 1 atom stereocenters. The lowest BCUT2D eigenvalue weighted by Gasteiger charge is -2.36. The number of carbonyl (C=O) groups excluding carboxylic acids is 2. The van der Waals surface area contributed by atoms with Crippen molar-refractivity contribution in [2.24, 2.45) is 4.99 Å². The molecular weight excluding hydrogens is 519 g/mol. The number of aliphatic imine (C=N–C) groups is 1. The smallest absolute Gasteiger partial charge is 0.325 e. The van der Waals surface area contributed by atoms with E-state index in [-0.39, 0.29) is 35.9 Å². The SMILES string of the molecule is CCNC(=NCCCN1C(=O)NC(C)(CC)C1=O)N1CCN(Cc2ccccc2)CC1.I. The second-order valence-corrected chi connectivity index (χ2v) is 8.41. The maximum atomic E-state index is 12.5. The Hall–Kier alpha value is -1.88. The molecule has 2 aliphatic heterocycles. The molecule has 1 unspecified atom stereocenters. The summed E-state index contributed by atoms with van der Waals surface area (Å²) < 4.78 is 0. The monoisotopic (exact) mass is 556 g/mol. The molecule has 0 aromatic heterocycles. The molecule has 3 rings (SSSR count). The van der Waals surface area contributed by atoms with Gasteiger partial charge in [0.15, 0.2) is 5.96 Å². The van der Waals surface area contributed by atoms with Crippen molar-refractivity contribution < 1.29 is 9.59 Å². The average molecular weight is 556 g/mol. The summed E-state index contributed by atoms with van der Waals surface area (Å²) in [6, 6.07) is 10.3. The van der Waals surface area contributed by atoms with Crippen molar-refractivity contribution >= 4 is 41.9 Å². The Morgan fingerprint density at radius 3 is 2.41 bits per heavy atom. The van der Waals surface area contributed by atoms with E-state index in [2.05, 4.69) is 57.7 Å². The van der Waals surface area contributed by atoms with E-state index in [0.717, 1.165) is 45.2 Å². The summed E-state index contributed by atoms with van der Waals surface area (Å²) in [5.41, 5.74) is 0.575. The Labute approximate surface area is 208 Å². The van der Waals surface area contributed by atoms with E-state index in [1.54, 1.807) is 6.92 Å². The van der Waals surface area contributed by atoms with E-state index < -0.39 is 5.54 Å². The Morgan fingerprint density at radius 2 is 1.81 bits per heavy atom. The van der Waals surface area contributed by atoms with Crippen molar-refractivity contribution in [3.05, 3.63) is 35.9 Å². The van der Waals surface area contributed by atoms with Gasteiger partial charge in [0, 0.05) is 52.4 Å². The van der Waals surface area contributed by atoms with Crippen LogP contribution in [0, 0.1) is 0 Å². The molecule has 178 valence electrons. The van der Waals surface area contributed by atoms with Gasteiger partial charge in [0.25, 0.3) is 5.91 Å². The minimum absolute atomic E-state index is 0. The first-order valence-corrected chi connectivity index (χ1v) is 11.4. The van der Waals surface area contributed by atoms with Gasteiger partial charge in [-0.3, -0.25) is 19.6 Å². The van der Waals surface area contributed by atoms with E-state index in [4.69, 9.17) is 4.99 Å². The molecule has 2 fully saturated rings. The maximum absolute atomic E-state index is 12.5. The third kappa shape index (κ3) is 6.57. The molecule has 32 heavy (non-hydrogen) atoms. The van der Waals surface area contributed by atoms with Crippen LogP contribution in [0.1, 0.15) is 39.2 Å². The number of hydrogen-bond donors (Lipinski definition) is 2. The van der Waals surface area contributed by atoms with Gasteiger partial charge in [-0.05, 0) is 32.3 Å². The van der Waals surface area contributed by atoms with E-state index in [9.17, 15) is 9.59 Å². The molecule has 8 nitrogen and oxygen atoms in total. The normalized spacial score (nSPS) is 22.0. The van der Waals surface area contributed by atoms with Gasteiger partial charge in [0.05, 0.1) is 0 Å². The maximum Gasteiger partial charge on any atom is 0.325 e. The van der Waals surface area contributed by atoms with E-state index in [1.165, 1.54) is 10.5 Å². The van der Waals surface area contributed by atoms with E-state index in [1.807, 2.05) is 6.92 Å². The van der Waals surface area contributed by atoms with Crippen LogP contribution in [0.5, 0.6) is 0 Å². The van der Waals surface area contributed by atoms with Crippen LogP contribution in [0.2, 0.25) is 0 Å². The second-order valence-electron chi connectivity index (χ2n) is 8.41. The zero-order valence-corrected chi connectivity index (χ0v) is 21.8. The zero-order valence-electron chi connectivity index (χ0n) is 19.5. The highest BCUT2D eigenvalue weighted by Gasteiger charge is 2.45. The molecule has 9 heteroatoms. The summed E-state index contributed by atoms with van der Waals surface area (Å²) in [6.45, 7) is 12.4. The number of benzene rings is 1. The van der Waals surface area contributed by atoms with Gasteiger partial charge in [-0.2, -0.15) is 0 Å². The van der Waals surface area contributed by atoms with Gasteiger partial charge >= 0.3 is 6.03 Å². The lowest BCUT2D eigenvalue weighted by Crippen LogP contribution is -2.52. The first-order valence-electron chi connectivity index (χ1n) is 11.4. The Morgan fingerprint density at radius 1 is 1.12 bits per heavy atom. The van der Waals surface area contributed by atoms with Crippen molar-refractivity contribution in [2.45, 2.75) is 45.7 Å². The van der Waals surface area contributed by atoms with Gasteiger partial charge < -0.3 is 15.5 Å². The van der Waals surface area contributed by atoms with Crippen molar-refractivity contribution in [3.8, 4) is 0 Å². The molecule has 0 spiro atoms. The number of hydrogen-bond acceptors (Lipinski definition) is 4. The fourth-order valence-electron chi connectivity index (χ4n) is 3.99. The van der Waals surface area contributed by atoms with E-state index >= 15 is 0 Å². The molecule has 0 radical (unpaired) electrons. The molecule has 1 aromatic carbocycles. The molecule has 0 aliphatic carbocycles. The summed E-state index contributed by atoms with van der Waals surface area (Å²) in [6.07, 6.45) is 1.24. The number of nitrogens with zero attached hydrogens (tertiary/aromatic N) is 4. The van der Waals surface area contributed by atoms with Gasteiger partial charge in [-0.15, -0.1) is 24.0 Å². The molecule has 2 N–H and O–H groups in total. The van der Waals surface area contributed by atoms with Crippen LogP contribution >= 0.6 is 24.0 Å². The lowest BCUT2D eigenvalue weighted by atomic mass is 9.99. The minimum Gasteiger partial charge on any atom is -0.357 e. The fraction of sp³-hybridized carbons (Fsp3) is 0.609. The topological polar surface area (TPSA) is 80.3 Å². The molecule has 2 aliphatic rings. The molecular formula is C23H37IN6O2. The number of imide groups is 1. The first-order chi connectivity index (χ1) is 15.0. The highest BCUT2D eigenvalue weighted by molar-refractivity contribution is 14.0. The largest absolute Gasteiger partial charge is 0.357 e. The molecule has 1 aromatic rings. The number of nitrogens with one attached hydrogen (secondary N) is 2. The van der Waals surface area contributed by atoms with Crippen molar-refractivity contribution in [2.75, 3.05) is 45.8 Å². The van der Waals surface area contributed by atoms with Crippen LogP contribution in [0.25, 0.3) is 0 Å². The third-order valence-electron chi connectivity index (χ3n) is 6.11. The van der Waals surface area contributed by atoms with Gasteiger partial charge in [-0.1, -0.05) is 37.3 Å². The van der Waals surface area contributed by atoms with Gasteiger partial charge in [-0.25, -0.2) is 4.79 Å². The van der Waals surface area contributed by atoms with Crippen LogP contribution < -0.4 is 10.6 Å². The molecule has 3 amide bonds. The van der Waals surface area contributed by atoms with Crippen LogP contribution in [0.15, 0.2) is 35.3 Å². The number of piperazine rings is 1. The van der Waals surface area contributed by atoms with Crippen LogP contribution in [0.3, 0.4) is 0 Å². The molecule has 0 saturated carbocycles. The number of rotatable bonds is 8. The highest BCUT2D eigenvalue weighted by atomic mass is 127. The lowest BCUT2D eigenvalue weighted by molar-refractivity contribution is -0.130. The Kier molecular flexibility index (Phi) is 10.2. The standard InChI is InChI=1S/C23H36N6O2.HI/c1-4-23(3)20(30)29(22(31)26-23)13-9-12-25-21(24-5-2)28-16-14-27(15-17-28)18-19-10-7-6-8-11-19;/h6-8,10-11H,4-5,9,12-18H2,1-3H3,(H,24,25)(H,26,31);1H. The average Bonchev–Trinajstić information content (AvgIpc) is 3.00. The van der Waals surface area contributed by atoms with Crippen LogP contribution in [0.4, 0.5) is 4.79 Å². The summed E-state index contributed by atoms with van der Waals surface area (Å²) in [5, 5.41) is 6.18. The summed E-state index contributed by atoms with van der Waals surface area (Å²) >= 11 is 0. The van der Waals surface area contributed by atoms with Gasteiger partial charge in [0.1, 0.15) is 5.54 Å². The Balaban J connectivity index is 0.00000363. The fourth-order valence-corrected chi connectivity index (χ4v) is 3.99. The van der Waals surface area contributed by atoms with Gasteiger partial charge in [0.2, 0.25) is 0 Å². The first kappa shape index (κ1) is 26.4. The van der Waals surface area contributed by atoms with Crippen molar-refractivity contribution in [1.29, 1.82) is 0 Å². The van der Waals surface area contributed by atoms with Crippen molar-refractivity contribution in [1.82, 2.24) is 25.3 Å². The third-order valence-corrected chi connectivity index (χ3v) is 6.11. The molecule has 0 bridgehead atoms. The number of carbonyl (C=O) groups is 2. The highest BCUT2D eigenvalue weighted by Crippen LogP contribution is 2.20. The summed E-state index contributed by atoms with van der Waals surface area (Å²) in [5.74, 6) is 0.780. The zero-order chi connectivity index (χ0) is 22.3. The number of urea groups is 1. The number of amides is 3. The number of guanidine groups is 1. The number of halogens is 1. The predicted molar refractivity (Wildman–Crippen MR) is 138 cm³/mol. The molecule has 2 heterocycles. The van der Waals surface area contributed by atoms with E-state index in [0.29, 0.717) is 25.9 Å². The second kappa shape index (κ2) is 12.4. The minimum atomic E-state index is -0.769. The predicted octanol–water partition coefficient (Wildman–Crippen LogP) is 2.50. The van der Waals surface area contributed by atoms with Crippen molar-refractivity contribution in [3.63, 3.8) is 0 Å². The summed E-state index contributed by atoms with van der Waals surface area (Å²) in [7, 11) is 0. The quantitative estimate of drug-likeness (QED) is 0.169. The molecule has 2 saturated heterocycles. The van der Waals surface area contributed by atoms with Crippen LogP contribution in [-0.2, 0) is 11.3 Å². The Bertz CT molecular complexity index is 782. The van der Waals surface area contributed by atoms with Crippen LogP contribution in [-0.4, -0.2) is 83.9 Å².